The number of benzene rings is 2. The first-order chi connectivity index (χ1) is 21.9. The third kappa shape index (κ3) is 15.1. The van der Waals surface area contributed by atoms with Crippen molar-refractivity contribution in [3.05, 3.63) is 71.8 Å². The van der Waals surface area contributed by atoms with Gasteiger partial charge in [-0.1, -0.05) is 87.4 Å². The Labute approximate surface area is 271 Å². The lowest BCUT2D eigenvalue weighted by atomic mass is 9.83. The van der Waals surface area contributed by atoms with Crippen LogP contribution in [0.5, 0.6) is 0 Å². The Bertz CT molecular complexity index is 1180. The van der Waals surface area contributed by atoms with E-state index in [9.17, 15) is 34.8 Å². The van der Waals surface area contributed by atoms with Crippen molar-refractivity contribution >= 4 is 29.1 Å². The van der Waals surface area contributed by atoms with Crippen molar-refractivity contribution in [1.29, 1.82) is 0 Å². The van der Waals surface area contributed by atoms with Gasteiger partial charge in [-0.25, -0.2) is 8.78 Å². The van der Waals surface area contributed by atoms with Crippen LogP contribution in [-0.2, 0) is 37.1 Å². The number of alkyl halides is 2. The molecule has 0 spiro atoms. The standard InChI is InChI=1S/C15H18F2O2.C15H18O3.C4H10F3NS/c16-15(17)9-5-4-8-13(15)10-14(18)19-11-12-6-2-1-3-7-12;16-14-9-5-4-8-13(14)10-15(17)18-11-12-6-2-1-3-7-12;1-3-8(4-2)9(5,6)7/h1-3,6-7,13H,4-5,8-11H2;1-3,6-7,13H,4-5,8-11H2;3-4H2,1-2H3. The second-order valence-corrected chi connectivity index (χ2v) is 12.6. The van der Waals surface area contributed by atoms with Crippen LogP contribution in [-0.4, -0.2) is 41.0 Å². The lowest BCUT2D eigenvalue weighted by molar-refractivity contribution is -0.153. The van der Waals surface area contributed by atoms with Gasteiger partial charge in [-0.2, -0.15) is 4.31 Å². The first-order valence-corrected chi connectivity index (χ1v) is 17.1. The number of hydrogen-bond donors (Lipinski definition) is 0. The lowest BCUT2D eigenvalue weighted by Gasteiger charge is -2.30. The summed E-state index contributed by atoms with van der Waals surface area (Å²) in [6.07, 6.45) is 5.14. The van der Waals surface area contributed by atoms with Crippen molar-refractivity contribution in [2.75, 3.05) is 13.1 Å². The number of esters is 2. The van der Waals surface area contributed by atoms with Crippen LogP contribution in [0.25, 0.3) is 0 Å². The van der Waals surface area contributed by atoms with Gasteiger partial charge in [-0.05, 0) is 36.8 Å². The van der Waals surface area contributed by atoms with E-state index < -0.39 is 29.2 Å². The minimum atomic E-state index is -4.93. The molecule has 0 aliphatic heterocycles. The van der Waals surface area contributed by atoms with Crippen LogP contribution in [0.15, 0.2) is 60.7 Å². The normalized spacial score (nSPS) is 19.5. The zero-order valence-corrected chi connectivity index (χ0v) is 27.4. The predicted molar refractivity (Wildman–Crippen MR) is 169 cm³/mol. The van der Waals surface area contributed by atoms with Crippen molar-refractivity contribution in [3.63, 3.8) is 0 Å². The summed E-state index contributed by atoms with van der Waals surface area (Å²) in [5.41, 5.74) is 1.84. The Hall–Kier alpha value is -2.99. The van der Waals surface area contributed by atoms with Crippen molar-refractivity contribution in [2.24, 2.45) is 11.8 Å². The molecule has 2 atom stereocenters. The second-order valence-electron chi connectivity index (χ2n) is 11.3. The third-order valence-electron chi connectivity index (χ3n) is 7.90. The molecular formula is C34H46F5NO5S. The van der Waals surface area contributed by atoms with E-state index in [4.69, 9.17) is 9.47 Å². The summed E-state index contributed by atoms with van der Waals surface area (Å²) in [5, 5.41) is 0. The summed E-state index contributed by atoms with van der Waals surface area (Å²) in [4.78, 5) is 34.9. The van der Waals surface area contributed by atoms with Gasteiger partial charge in [0.2, 0.25) is 0 Å². The number of carbonyl (C=O) groups is 3. The highest BCUT2D eigenvalue weighted by atomic mass is 32.3. The second kappa shape index (κ2) is 20.3. The summed E-state index contributed by atoms with van der Waals surface area (Å²) in [7, 11) is 0. The van der Waals surface area contributed by atoms with Crippen LogP contribution >= 0.6 is 11.4 Å². The fraction of sp³-hybridized carbons (Fsp3) is 0.559. The van der Waals surface area contributed by atoms with E-state index in [0.717, 1.165) is 36.8 Å². The number of nitrogens with zero attached hydrogens (tertiary/aromatic N) is 1. The first kappa shape index (κ1) is 39.2. The largest absolute Gasteiger partial charge is 0.461 e. The number of hydrogen-bond acceptors (Lipinski definition) is 6. The maximum atomic E-state index is 13.6. The quantitative estimate of drug-likeness (QED) is 0.175. The van der Waals surface area contributed by atoms with Gasteiger partial charge in [0, 0.05) is 37.8 Å². The molecule has 2 unspecified atom stereocenters. The van der Waals surface area contributed by atoms with E-state index in [2.05, 4.69) is 0 Å². The molecule has 2 aromatic rings. The summed E-state index contributed by atoms with van der Waals surface area (Å²) in [5.74, 6) is -4.26. The van der Waals surface area contributed by atoms with Gasteiger partial charge in [-0.3, -0.25) is 14.4 Å². The van der Waals surface area contributed by atoms with E-state index in [1.807, 2.05) is 60.7 Å². The van der Waals surface area contributed by atoms with Gasteiger partial charge in [0.05, 0.1) is 12.8 Å². The Morgan fingerprint density at radius 1 is 0.783 bits per heavy atom. The average molecular weight is 676 g/mol. The molecule has 4 rings (SSSR count). The maximum absolute atomic E-state index is 13.6. The minimum absolute atomic E-state index is 0.0648. The summed E-state index contributed by atoms with van der Waals surface area (Å²) >= 11 is -4.93. The molecular weight excluding hydrogens is 629 g/mol. The number of ether oxygens (including phenoxy) is 2. The Morgan fingerprint density at radius 3 is 1.72 bits per heavy atom. The molecule has 258 valence electrons. The van der Waals surface area contributed by atoms with Crippen LogP contribution in [0.2, 0.25) is 0 Å². The smallest absolute Gasteiger partial charge is 0.306 e. The molecule has 0 aromatic heterocycles. The molecule has 2 aliphatic rings. The number of halogens is 5. The fourth-order valence-electron chi connectivity index (χ4n) is 5.20. The molecule has 0 heterocycles. The summed E-state index contributed by atoms with van der Waals surface area (Å²) < 4.78 is 73.1. The van der Waals surface area contributed by atoms with Gasteiger partial charge in [0.25, 0.3) is 17.3 Å². The molecule has 6 nitrogen and oxygen atoms in total. The Kier molecular flexibility index (Phi) is 17.3. The molecule has 2 aliphatic carbocycles. The number of carbonyl (C=O) groups excluding carboxylic acids is 3. The van der Waals surface area contributed by atoms with Crippen LogP contribution in [0, 0.1) is 11.8 Å². The zero-order chi connectivity index (χ0) is 34.0. The minimum Gasteiger partial charge on any atom is -0.461 e. The van der Waals surface area contributed by atoms with Crippen LogP contribution in [0.4, 0.5) is 20.4 Å². The summed E-state index contributed by atoms with van der Waals surface area (Å²) in [6, 6.07) is 18.8. The third-order valence-corrected chi connectivity index (χ3v) is 9.00. The fourth-order valence-corrected chi connectivity index (χ4v) is 5.79. The highest BCUT2D eigenvalue weighted by molar-refractivity contribution is 8.18. The maximum Gasteiger partial charge on any atom is 0.306 e. The summed E-state index contributed by atoms with van der Waals surface area (Å²) in [6.45, 7) is 3.58. The van der Waals surface area contributed by atoms with E-state index in [1.165, 1.54) is 13.8 Å². The molecule has 0 amide bonds. The van der Waals surface area contributed by atoms with E-state index in [0.29, 0.717) is 30.2 Å². The van der Waals surface area contributed by atoms with Crippen LogP contribution in [0.3, 0.4) is 0 Å². The lowest BCUT2D eigenvalue weighted by Crippen LogP contribution is -2.33. The molecule has 0 radical (unpaired) electrons. The SMILES string of the molecule is CCN(CC)S(F)(F)F.O=C(CC1CCCCC1(F)F)OCc1ccccc1.O=C(CC1CCCCC1=O)OCc1ccccc1. The van der Waals surface area contributed by atoms with Gasteiger partial charge >= 0.3 is 11.9 Å². The topological polar surface area (TPSA) is 72.9 Å². The van der Waals surface area contributed by atoms with E-state index >= 15 is 0 Å². The van der Waals surface area contributed by atoms with Crippen LogP contribution in [0.1, 0.15) is 89.2 Å². The van der Waals surface area contributed by atoms with Gasteiger partial charge in [0.15, 0.2) is 0 Å². The molecule has 0 N–H and O–H groups in total. The van der Waals surface area contributed by atoms with Gasteiger partial charge in [-0.15, -0.1) is 11.7 Å². The highest BCUT2D eigenvalue weighted by Gasteiger charge is 2.42. The number of ketones is 1. The molecule has 2 saturated carbocycles. The van der Waals surface area contributed by atoms with Crippen molar-refractivity contribution in [1.82, 2.24) is 4.31 Å². The molecule has 0 saturated heterocycles. The molecule has 12 heteroatoms. The van der Waals surface area contributed by atoms with Gasteiger partial charge < -0.3 is 9.47 Å². The first-order valence-electron chi connectivity index (χ1n) is 15.8. The van der Waals surface area contributed by atoms with Crippen LogP contribution < -0.4 is 0 Å². The van der Waals surface area contributed by atoms with E-state index in [-0.39, 0.29) is 56.6 Å². The highest BCUT2D eigenvalue weighted by Crippen LogP contribution is 2.56. The molecule has 46 heavy (non-hydrogen) atoms. The Balaban J connectivity index is 0.000000256. The van der Waals surface area contributed by atoms with Crippen molar-refractivity contribution < 1.29 is 44.3 Å². The van der Waals surface area contributed by atoms with Crippen molar-refractivity contribution in [2.45, 2.75) is 97.2 Å². The number of rotatable bonds is 11. The molecule has 2 aromatic carbocycles. The van der Waals surface area contributed by atoms with Crippen molar-refractivity contribution in [3.8, 4) is 0 Å². The molecule has 0 bridgehead atoms. The number of Topliss-reactive ketones (excluding diaryl/α,β-unsaturated/α-hetero) is 1. The monoisotopic (exact) mass is 675 g/mol. The predicted octanol–water partition coefficient (Wildman–Crippen LogP) is 9.53. The average Bonchev–Trinajstić information content (AvgIpc) is 3.03. The Morgan fingerprint density at radius 2 is 1.28 bits per heavy atom. The molecule has 2 fully saturated rings. The van der Waals surface area contributed by atoms with Gasteiger partial charge in [0.1, 0.15) is 19.0 Å². The zero-order valence-electron chi connectivity index (χ0n) is 26.6. The van der Waals surface area contributed by atoms with E-state index in [1.54, 1.807) is 0 Å².